The van der Waals surface area contributed by atoms with Crippen LogP contribution in [0.5, 0.6) is 0 Å². The summed E-state index contributed by atoms with van der Waals surface area (Å²) in [5, 5.41) is 0. The zero-order valence-corrected chi connectivity index (χ0v) is 9.90. The smallest absolute Gasteiger partial charge is 0.0292 e. The van der Waals surface area contributed by atoms with Crippen LogP contribution in [0.1, 0.15) is 66.2 Å². The standard InChI is InChI=1S/C13H26/c1-5-7-11(3)9-13(4)10-12(13)8-6-2/h11-12H,5-10H2,1-4H3. The first kappa shape index (κ1) is 11.1. The maximum Gasteiger partial charge on any atom is -0.0292 e. The highest BCUT2D eigenvalue weighted by atomic mass is 14.5. The predicted molar refractivity (Wildman–Crippen MR) is 59.8 cm³/mol. The van der Waals surface area contributed by atoms with Crippen molar-refractivity contribution in [2.45, 2.75) is 66.2 Å². The van der Waals surface area contributed by atoms with E-state index in [0.717, 1.165) is 17.3 Å². The Morgan fingerprint density at radius 1 is 1.31 bits per heavy atom. The number of hydrogen-bond donors (Lipinski definition) is 0. The SMILES string of the molecule is CCCC(C)CC1(C)CC1CCC. The lowest BCUT2D eigenvalue weighted by atomic mass is 9.89. The van der Waals surface area contributed by atoms with Crippen LogP contribution in [-0.4, -0.2) is 0 Å². The number of rotatable bonds is 6. The molecule has 0 aliphatic heterocycles. The molecule has 0 bridgehead atoms. The van der Waals surface area contributed by atoms with Gasteiger partial charge >= 0.3 is 0 Å². The lowest BCUT2D eigenvalue weighted by Gasteiger charge is -2.16. The van der Waals surface area contributed by atoms with Crippen LogP contribution in [-0.2, 0) is 0 Å². The maximum atomic E-state index is 2.50. The monoisotopic (exact) mass is 182 g/mol. The summed E-state index contributed by atoms with van der Waals surface area (Å²) in [7, 11) is 0. The second kappa shape index (κ2) is 4.48. The van der Waals surface area contributed by atoms with Crippen LogP contribution in [0.15, 0.2) is 0 Å². The normalized spacial score (nSPS) is 34.6. The van der Waals surface area contributed by atoms with Crippen LogP contribution in [0.2, 0.25) is 0 Å². The minimum atomic E-state index is 0.741. The molecule has 0 heterocycles. The third-order valence-corrected chi connectivity index (χ3v) is 3.77. The van der Waals surface area contributed by atoms with Crippen LogP contribution in [0.25, 0.3) is 0 Å². The largest absolute Gasteiger partial charge is 0.0654 e. The highest BCUT2D eigenvalue weighted by Gasteiger charge is 2.48. The predicted octanol–water partition coefficient (Wildman–Crippen LogP) is 4.64. The van der Waals surface area contributed by atoms with E-state index in [1.54, 1.807) is 0 Å². The zero-order valence-electron chi connectivity index (χ0n) is 9.90. The third kappa shape index (κ3) is 3.00. The fourth-order valence-corrected chi connectivity index (χ4v) is 2.94. The molecule has 1 rings (SSSR count). The van der Waals surface area contributed by atoms with Crippen molar-refractivity contribution in [1.29, 1.82) is 0 Å². The van der Waals surface area contributed by atoms with Crippen LogP contribution in [0.3, 0.4) is 0 Å². The quantitative estimate of drug-likeness (QED) is 0.561. The van der Waals surface area contributed by atoms with Crippen molar-refractivity contribution >= 4 is 0 Å². The molecule has 3 atom stereocenters. The van der Waals surface area contributed by atoms with E-state index in [9.17, 15) is 0 Å². The van der Waals surface area contributed by atoms with E-state index in [4.69, 9.17) is 0 Å². The van der Waals surface area contributed by atoms with E-state index in [-0.39, 0.29) is 0 Å². The van der Waals surface area contributed by atoms with Crippen molar-refractivity contribution in [3.63, 3.8) is 0 Å². The van der Waals surface area contributed by atoms with E-state index in [1.165, 1.54) is 38.5 Å². The Morgan fingerprint density at radius 2 is 2.00 bits per heavy atom. The average molecular weight is 182 g/mol. The molecule has 0 N–H and O–H groups in total. The van der Waals surface area contributed by atoms with E-state index in [1.807, 2.05) is 0 Å². The summed E-state index contributed by atoms with van der Waals surface area (Å²) in [6.07, 6.45) is 8.61. The Balaban J connectivity index is 2.22. The fraction of sp³-hybridized carbons (Fsp3) is 1.00. The molecule has 1 aliphatic rings. The molecule has 13 heavy (non-hydrogen) atoms. The molecule has 0 aromatic rings. The first-order chi connectivity index (χ1) is 6.12. The van der Waals surface area contributed by atoms with Crippen LogP contribution >= 0.6 is 0 Å². The summed E-state index contributed by atoms with van der Waals surface area (Å²) in [5.74, 6) is 2.02. The number of hydrogen-bond acceptors (Lipinski definition) is 0. The van der Waals surface area contributed by atoms with Gasteiger partial charge in [0, 0.05) is 0 Å². The molecule has 0 saturated heterocycles. The Morgan fingerprint density at radius 3 is 2.54 bits per heavy atom. The molecule has 1 fully saturated rings. The molecule has 3 unspecified atom stereocenters. The lowest BCUT2D eigenvalue weighted by Crippen LogP contribution is -2.05. The van der Waals surface area contributed by atoms with Crippen molar-refractivity contribution in [3.05, 3.63) is 0 Å². The highest BCUT2D eigenvalue weighted by molar-refractivity contribution is 4.98. The maximum absolute atomic E-state index is 2.50. The van der Waals surface area contributed by atoms with Crippen molar-refractivity contribution in [1.82, 2.24) is 0 Å². The minimum Gasteiger partial charge on any atom is -0.0654 e. The van der Waals surface area contributed by atoms with Crippen LogP contribution < -0.4 is 0 Å². The third-order valence-electron chi connectivity index (χ3n) is 3.77. The zero-order chi connectivity index (χ0) is 9.90. The molecule has 1 aliphatic carbocycles. The summed E-state index contributed by atoms with van der Waals surface area (Å²) in [5.41, 5.74) is 0.741. The first-order valence-electron chi connectivity index (χ1n) is 6.12. The summed E-state index contributed by atoms with van der Waals surface area (Å²) < 4.78 is 0. The highest BCUT2D eigenvalue weighted by Crippen LogP contribution is 2.58. The van der Waals surface area contributed by atoms with Crippen LogP contribution in [0.4, 0.5) is 0 Å². The molecule has 78 valence electrons. The van der Waals surface area contributed by atoms with Gasteiger partial charge in [0.1, 0.15) is 0 Å². The molecule has 0 radical (unpaired) electrons. The van der Waals surface area contributed by atoms with Crippen molar-refractivity contribution in [3.8, 4) is 0 Å². The van der Waals surface area contributed by atoms with Gasteiger partial charge in [0.05, 0.1) is 0 Å². The topological polar surface area (TPSA) is 0 Å². The van der Waals surface area contributed by atoms with Gasteiger partial charge < -0.3 is 0 Å². The van der Waals surface area contributed by atoms with Gasteiger partial charge in [-0.15, -0.1) is 0 Å². The van der Waals surface area contributed by atoms with Crippen molar-refractivity contribution in [2.75, 3.05) is 0 Å². The molecule has 0 aromatic carbocycles. The van der Waals surface area contributed by atoms with Gasteiger partial charge in [-0.3, -0.25) is 0 Å². The van der Waals surface area contributed by atoms with Gasteiger partial charge in [0.2, 0.25) is 0 Å². The molecule has 0 aromatic heterocycles. The second-order valence-electron chi connectivity index (χ2n) is 5.44. The molecular formula is C13H26. The molecule has 0 amide bonds. The first-order valence-corrected chi connectivity index (χ1v) is 6.12. The molecule has 0 heteroatoms. The summed E-state index contributed by atoms with van der Waals surface area (Å²) in [6, 6.07) is 0. The van der Waals surface area contributed by atoms with Gasteiger partial charge in [-0.05, 0) is 30.1 Å². The fourth-order valence-electron chi connectivity index (χ4n) is 2.94. The summed E-state index contributed by atoms with van der Waals surface area (Å²) in [6.45, 7) is 9.54. The van der Waals surface area contributed by atoms with E-state index in [0.29, 0.717) is 0 Å². The van der Waals surface area contributed by atoms with E-state index in [2.05, 4.69) is 27.7 Å². The molecule has 0 spiro atoms. The molecule has 0 nitrogen and oxygen atoms in total. The minimum absolute atomic E-state index is 0.741. The van der Waals surface area contributed by atoms with Crippen molar-refractivity contribution < 1.29 is 0 Å². The average Bonchev–Trinajstić information content (AvgIpc) is 2.62. The summed E-state index contributed by atoms with van der Waals surface area (Å²) in [4.78, 5) is 0. The molecule has 1 saturated carbocycles. The van der Waals surface area contributed by atoms with Gasteiger partial charge in [0.15, 0.2) is 0 Å². The summed E-state index contributed by atoms with van der Waals surface area (Å²) >= 11 is 0. The van der Waals surface area contributed by atoms with E-state index < -0.39 is 0 Å². The lowest BCUT2D eigenvalue weighted by molar-refractivity contribution is 0.345. The molecular weight excluding hydrogens is 156 g/mol. The van der Waals surface area contributed by atoms with Crippen LogP contribution in [0, 0.1) is 17.3 Å². The van der Waals surface area contributed by atoms with E-state index >= 15 is 0 Å². The van der Waals surface area contributed by atoms with Gasteiger partial charge in [-0.25, -0.2) is 0 Å². The Kier molecular flexibility index (Phi) is 3.82. The van der Waals surface area contributed by atoms with Gasteiger partial charge in [-0.1, -0.05) is 53.4 Å². The van der Waals surface area contributed by atoms with Crippen molar-refractivity contribution in [2.24, 2.45) is 17.3 Å². The second-order valence-corrected chi connectivity index (χ2v) is 5.44. The Hall–Kier alpha value is 0. The van der Waals surface area contributed by atoms with Gasteiger partial charge in [0.25, 0.3) is 0 Å². The Bertz CT molecular complexity index is 150. The Labute approximate surface area is 84.1 Å². The van der Waals surface area contributed by atoms with Gasteiger partial charge in [-0.2, -0.15) is 0 Å².